The first-order chi connectivity index (χ1) is 6.77. The van der Waals surface area contributed by atoms with Gasteiger partial charge in [-0.2, -0.15) is 0 Å². The first-order valence-corrected chi connectivity index (χ1v) is 5.12. The average Bonchev–Trinajstić information content (AvgIpc) is 2.26. The van der Waals surface area contributed by atoms with Crippen molar-refractivity contribution in [3.8, 4) is 0 Å². The van der Waals surface area contributed by atoms with Crippen molar-refractivity contribution in [3.63, 3.8) is 0 Å². The topological polar surface area (TPSA) is 20.2 Å². The fourth-order valence-electron chi connectivity index (χ4n) is 1.66. The van der Waals surface area contributed by atoms with Gasteiger partial charge in [0.1, 0.15) is 0 Å². The predicted molar refractivity (Wildman–Crippen MR) is 60.5 cm³/mol. The lowest BCUT2D eigenvalue weighted by Gasteiger charge is -2.14. The Bertz CT molecular complexity index is 287. The zero-order valence-electron chi connectivity index (χ0n) is 8.90. The SMILES string of the molecule is CCC(C/C(C)=C/O)c1ccccc1. The first-order valence-electron chi connectivity index (χ1n) is 5.12. The number of allylic oxidation sites excluding steroid dienone is 1. The summed E-state index contributed by atoms with van der Waals surface area (Å²) in [6.45, 7) is 4.15. The van der Waals surface area contributed by atoms with E-state index >= 15 is 0 Å². The third kappa shape index (κ3) is 2.91. The molecule has 0 radical (unpaired) electrons. The normalized spacial score (nSPS) is 14.0. The number of rotatable bonds is 4. The molecule has 0 amide bonds. The van der Waals surface area contributed by atoms with Gasteiger partial charge in [0.05, 0.1) is 6.26 Å². The van der Waals surface area contributed by atoms with E-state index in [0.29, 0.717) is 5.92 Å². The summed E-state index contributed by atoms with van der Waals surface area (Å²) in [5.41, 5.74) is 2.40. The highest BCUT2D eigenvalue weighted by Gasteiger charge is 2.08. The lowest BCUT2D eigenvalue weighted by molar-refractivity contribution is 0.461. The van der Waals surface area contributed by atoms with E-state index in [1.807, 2.05) is 13.0 Å². The molecule has 1 nitrogen and oxygen atoms in total. The Morgan fingerprint density at radius 2 is 2.00 bits per heavy atom. The van der Waals surface area contributed by atoms with Gasteiger partial charge in [0.25, 0.3) is 0 Å². The van der Waals surface area contributed by atoms with Crippen LogP contribution < -0.4 is 0 Å². The van der Waals surface area contributed by atoms with Crippen molar-refractivity contribution in [1.29, 1.82) is 0 Å². The van der Waals surface area contributed by atoms with Gasteiger partial charge < -0.3 is 5.11 Å². The van der Waals surface area contributed by atoms with Crippen molar-refractivity contribution in [2.75, 3.05) is 0 Å². The molecule has 76 valence electrons. The Morgan fingerprint density at radius 1 is 1.36 bits per heavy atom. The van der Waals surface area contributed by atoms with Crippen LogP contribution in [0, 0.1) is 0 Å². The molecule has 0 aliphatic carbocycles. The number of hydrogen-bond donors (Lipinski definition) is 1. The van der Waals surface area contributed by atoms with Crippen LogP contribution >= 0.6 is 0 Å². The van der Waals surface area contributed by atoms with Crippen molar-refractivity contribution < 1.29 is 5.11 Å². The van der Waals surface area contributed by atoms with Crippen LogP contribution in [0.4, 0.5) is 0 Å². The fraction of sp³-hybridized carbons (Fsp3) is 0.385. The van der Waals surface area contributed by atoms with Gasteiger partial charge in [-0.05, 0) is 36.8 Å². The zero-order chi connectivity index (χ0) is 10.4. The monoisotopic (exact) mass is 190 g/mol. The molecular weight excluding hydrogens is 172 g/mol. The van der Waals surface area contributed by atoms with Crippen LogP contribution in [0.25, 0.3) is 0 Å². The Morgan fingerprint density at radius 3 is 2.50 bits per heavy atom. The maximum atomic E-state index is 8.86. The summed E-state index contributed by atoms with van der Waals surface area (Å²) in [4.78, 5) is 0. The molecule has 1 atom stereocenters. The molecule has 1 aromatic rings. The van der Waals surface area contributed by atoms with E-state index < -0.39 is 0 Å². The van der Waals surface area contributed by atoms with Gasteiger partial charge in [-0.15, -0.1) is 0 Å². The molecule has 0 aliphatic heterocycles. The summed E-state index contributed by atoms with van der Waals surface area (Å²) in [6, 6.07) is 10.5. The van der Waals surface area contributed by atoms with Crippen molar-refractivity contribution >= 4 is 0 Å². The minimum atomic E-state index is 0.527. The van der Waals surface area contributed by atoms with Crippen LogP contribution in [-0.2, 0) is 0 Å². The molecule has 0 aromatic heterocycles. The number of aliphatic hydroxyl groups excluding tert-OH is 1. The number of benzene rings is 1. The molecule has 0 bridgehead atoms. The van der Waals surface area contributed by atoms with Crippen molar-refractivity contribution in [2.45, 2.75) is 32.6 Å². The highest BCUT2D eigenvalue weighted by molar-refractivity contribution is 5.21. The number of hydrogen-bond acceptors (Lipinski definition) is 1. The maximum Gasteiger partial charge on any atom is 0.0781 e. The van der Waals surface area contributed by atoms with Crippen LogP contribution in [0.2, 0.25) is 0 Å². The first kappa shape index (κ1) is 10.8. The second-order valence-corrected chi connectivity index (χ2v) is 3.70. The quantitative estimate of drug-likeness (QED) is 0.710. The third-order valence-corrected chi connectivity index (χ3v) is 2.55. The smallest absolute Gasteiger partial charge is 0.0781 e. The Labute approximate surface area is 86.1 Å². The van der Waals surface area contributed by atoms with Crippen LogP contribution in [0.1, 0.15) is 38.2 Å². The van der Waals surface area contributed by atoms with Gasteiger partial charge in [-0.1, -0.05) is 37.3 Å². The molecule has 0 heterocycles. The average molecular weight is 190 g/mol. The summed E-state index contributed by atoms with van der Waals surface area (Å²) >= 11 is 0. The lowest BCUT2D eigenvalue weighted by Crippen LogP contribution is -1.97. The van der Waals surface area contributed by atoms with E-state index in [1.165, 1.54) is 11.8 Å². The lowest BCUT2D eigenvalue weighted by atomic mass is 9.91. The third-order valence-electron chi connectivity index (χ3n) is 2.55. The van der Waals surface area contributed by atoms with E-state index in [4.69, 9.17) is 5.11 Å². The summed E-state index contributed by atoms with van der Waals surface area (Å²) in [5, 5.41) is 8.86. The van der Waals surface area contributed by atoms with Crippen LogP contribution in [0.3, 0.4) is 0 Å². The van der Waals surface area contributed by atoms with Gasteiger partial charge in [-0.25, -0.2) is 0 Å². The number of aliphatic hydroxyl groups is 1. The molecule has 0 spiro atoms. The minimum absolute atomic E-state index is 0.527. The Balaban J connectivity index is 2.73. The maximum absolute atomic E-state index is 8.86. The van der Waals surface area contributed by atoms with Gasteiger partial charge in [0.15, 0.2) is 0 Å². The van der Waals surface area contributed by atoms with E-state index in [1.54, 1.807) is 0 Å². The molecule has 0 saturated carbocycles. The molecule has 0 saturated heterocycles. The van der Waals surface area contributed by atoms with Gasteiger partial charge >= 0.3 is 0 Å². The van der Waals surface area contributed by atoms with Crippen LogP contribution in [0.5, 0.6) is 0 Å². The predicted octanol–water partition coefficient (Wildman–Crippen LogP) is 4.03. The second-order valence-electron chi connectivity index (χ2n) is 3.70. The largest absolute Gasteiger partial charge is 0.516 e. The highest BCUT2D eigenvalue weighted by atomic mass is 16.2. The van der Waals surface area contributed by atoms with Gasteiger partial charge in [0.2, 0.25) is 0 Å². The fourth-order valence-corrected chi connectivity index (χ4v) is 1.66. The van der Waals surface area contributed by atoms with Crippen molar-refractivity contribution in [3.05, 3.63) is 47.7 Å². The summed E-state index contributed by atoms with van der Waals surface area (Å²) in [5.74, 6) is 0.527. The van der Waals surface area contributed by atoms with Gasteiger partial charge in [0, 0.05) is 0 Å². The van der Waals surface area contributed by atoms with Crippen molar-refractivity contribution in [2.24, 2.45) is 0 Å². The van der Waals surface area contributed by atoms with Gasteiger partial charge in [-0.3, -0.25) is 0 Å². The van der Waals surface area contributed by atoms with E-state index in [2.05, 4.69) is 31.2 Å². The van der Waals surface area contributed by atoms with Crippen LogP contribution in [0.15, 0.2) is 42.2 Å². The zero-order valence-corrected chi connectivity index (χ0v) is 8.90. The molecule has 0 aliphatic rings. The second kappa shape index (κ2) is 5.48. The Kier molecular flexibility index (Phi) is 4.24. The summed E-state index contributed by atoms with van der Waals surface area (Å²) in [7, 11) is 0. The molecule has 1 unspecified atom stereocenters. The molecule has 1 aromatic carbocycles. The van der Waals surface area contributed by atoms with E-state index in [9.17, 15) is 0 Å². The van der Waals surface area contributed by atoms with Crippen molar-refractivity contribution in [1.82, 2.24) is 0 Å². The molecular formula is C13H18O. The molecule has 1 rings (SSSR count). The molecule has 1 N–H and O–H groups in total. The standard InChI is InChI=1S/C13H18O/c1-3-12(9-11(2)10-14)13-7-5-4-6-8-13/h4-8,10,12,14H,3,9H2,1-2H3/b11-10+. The molecule has 1 heteroatoms. The minimum Gasteiger partial charge on any atom is -0.516 e. The highest BCUT2D eigenvalue weighted by Crippen LogP contribution is 2.25. The summed E-state index contributed by atoms with van der Waals surface area (Å²) in [6.07, 6.45) is 3.26. The molecule has 0 fully saturated rings. The van der Waals surface area contributed by atoms with E-state index in [-0.39, 0.29) is 0 Å². The van der Waals surface area contributed by atoms with Crippen LogP contribution in [-0.4, -0.2) is 5.11 Å². The van der Waals surface area contributed by atoms with E-state index in [0.717, 1.165) is 18.4 Å². The Hall–Kier alpha value is -1.24. The molecule has 14 heavy (non-hydrogen) atoms. The summed E-state index contributed by atoms with van der Waals surface area (Å²) < 4.78 is 0.